The molecule has 2 aromatic carbocycles. The third-order valence-corrected chi connectivity index (χ3v) is 4.66. The van der Waals surface area contributed by atoms with Gasteiger partial charge in [-0.1, -0.05) is 24.3 Å². The van der Waals surface area contributed by atoms with Gasteiger partial charge in [0.25, 0.3) is 0 Å². The van der Waals surface area contributed by atoms with Crippen molar-refractivity contribution in [3.8, 4) is 0 Å². The van der Waals surface area contributed by atoms with E-state index < -0.39 is 27.7 Å². The number of rotatable bonds is 6. The fraction of sp³-hybridized carbons (Fsp3) is 0.188. The molecule has 134 valence electrons. The average molecular weight is 369 g/mol. The highest BCUT2D eigenvalue weighted by Gasteiger charge is 2.09. The number of halogens is 2. The van der Waals surface area contributed by atoms with Crippen molar-refractivity contribution in [1.29, 1.82) is 0 Å². The van der Waals surface area contributed by atoms with E-state index in [1.54, 1.807) is 24.3 Å². The van der Waals surface area contributed by atoms with Crippen LogP contribution >= 0.6 is 0 Å². The van der Waals surface area contributed by atoms with Crippen LogP contribution in [0.15, 0.2) is 42.5 Å². The quantitative estimate of drug-likeness (QED) is 0.730. The minimum absolute atomic E-state index is 0.133. The molecule has 3 N–H and O–H groups in total. The Bertz CT molecular complexity index is 855. The van der Waals surface area contributed by atoms with Crippen LogP contribution in [0.3, 0.4) is 0 Å². The minimum atomic E-state index is -3.34. The Morgan fingerprint density at radius 2 is 1.68 bits per heavy atom. The second-order valence-electron chi connectivity index (χ2n) is 5.21. The lowest BCUT2D eigenvalue weighted by molar-refractivity contribution is 0.251. The Labute approximate surface area is 144 Å². The topological polar surface area (TPSA) is 87.3 Å². The molecule has 2 aromatic rings. The SMILES string of the molecule is CNS(=O)(=O)Cc1ccc(CNC(=O)Nc2ccc(F)cc2F)cc1. The summed E-state index contributed by atoms with van der Waals surface area (Å²) < 4.78 is 51.4. The molecule has 6 nitrogen and oxygen atoms in total. The molecular formula is C16H17F2N3O3S. The van der Waals surface area contributed by atoms with Gasteiger partial charge in [-0.15, -0.1) is 0 Å². The van der Waals surface area contributed by atoms with E-state index in [0.717, 1.165) is 17.7 Å². The van der Waals surface area contributed by atoms with E-state index >= 15 is 0 Å². The summed E-state index contributed by atoms with van der Waals surface area (Å²) in [4.78, 5) is 11.7. The molecule has 25 heavy (non-hydrogen) atoms. The second-order valence-corrected chi connectivity index (χ2v) is 7.14. The Hall–Kier alpha value is -2.52. The predicted molar refractivity (Wildman–Crippen MR) is 90.3 cm³/mol. The van der Waals surface area contributed by atoms with Gasteiger partial charge in [0.15, 0.2) is 0 Å². The van der Waals surface area contributed by atoms with E-state index in [4.69, 9.17) is 0 Å². The molecule has 0 fully saturated rings. The number of nitrogens with one attached hydrogen (secondary N) is 3. The number of benzene rings is 2. The molecule has 2 rings (SSSR count). The zero-order valence-corrected chi connectivity index (χ0v) is 14.2. The summed E-state index contributed by atoms with van der Waals surface area (Å²) in [7, 11) is -2.00. The van der Waals surface area contributed by atoms with Crippen molar-refractivity contribution in [2.24, 2.45) is 0 Å². The van der Waals surface area contributed by atoms with E-state index in [-0.39, 0.29) is 18.0 Å². The Morgan fingerprint density at radius 1 is 1.04 bits per heavy atom. The van der Waals surface area contributed by atoms with Gasteiger partial charge in [-0.05, 0) is 30.3 Å². The van der Waals surface area contributed by atoms with Gasteiger partial charge in [0, 0.05) is 12.6 Å². The lowest BCUT2D eigenvalue weighted by Crippen LogP contribution is -2.28. The number of sulfonamides is 1. The lowest BCUT2D eigenvalue weighted by atomic mass is 10.1. The van der Waals surface area contributed by atoms with Gasteiger partial charge in [-0.25, -0.2) is 26.7 Å². The standard InChI is InChI=1S/C16H17F2N3O3S/c1-19-25(23,24)10-12-4-2-11(3-5-12)9-20-16(22)21-15-7-6-13(17)8-14(15)18/h2-8,19H,9-10H2,1H3,(H2,20,21,22). The molecule has 0 aromatic heterocycles. The van der Waals surface area contributed by atoms with E-state index in [1.807, 2.05) is 0 Å². The third-order valence-electron chi connectivity index (χ3n) is 3.32. The lowest BCUT2D eigenvalue weighted by Gasteiger charge is -2.09. The highest BCUT2D eigenvalue weighted by molar-refractivity contribution is 7.88. The van der Waals surface area contributed by atoms with Crippen LogP contribution in [0.1, 0.15) is 11.1 Å². The van der Waals surface area contributed by atoms with Crippen LogP contribution in [-0.4, -0.2) is 21.5 Å². The second kappa shape index (κ2) is 8.04. The first kappa shape index (κ1) is 18.8. The summed E-state index contributed by atoms with van der Waals surface area (Å²) in [5, 5.41) is 4.81. The van der Waals surface area contributed by atoms with Crippen LogP contribution in [0.2, 0.25) is 0 Å². The molecule has 0 radical (unpaired) electrons. The molecule has 0 bridgehead atoms. The number of hydrogen-bond donors (Lipinski definition) is 3. The van der Waals surface area contributed by atoms with Gasteiger partial charge in [0.05, 0.1) is 11.4 Å². The van der Waals surface area contributed by atoms with Crippen molar-refractivity contribution in [3.05, 3.63) is 65.2 Å². The van der Waals surface area contributed by atoms with Crippen LogP contribution < -0.4 is 15.4 Å². The number of hydrogen-bond acceptors (Lipinski definition) is 3. The fourth-order valence-electron chi connectivity index (χ4n) is 1.98. The van der Waals surface area contributed by atoms with Crippen LogP contribution in [0.4, 0.5) is 19.3 Å². The van der Waals surface area contributed by atoms with Crippen molar-refractivity contribution >= 4 is 21.7 Å². The van der Waals surface area contributed by atoms with E-state index in [0.29, 0.717) is 11.6 Å². The van der Waals surface area contributed by atoms with E-state index in [2.05, 4.69) is 15.4 Å². The molecule has 0 aliphatic rings. The first-order chi connectivity index (χ1) is 11.8. The van der Waals surface area contributed by atoms with Crippen LogP contribution in [0.5, 0.6) is 0 Å². The summed E-state index contributed by atoms with van der Waals surface area (Å²) in [6.07, 6.45) is 0. The number of carbonyl (C=O) groups excluding carboxylic acids is 1. The van der Waals surface area contributed by atoms with Crippen LogP contribution in [0, 0.1) is 11.6 Å². The number of amides is 2. The van der Waals surface area contributed by atoms with Gasteiger partial charge in [-0.2, -0.15) is 0 Å². The minimum Gasteiger partial charge on any atom is -0.334 e. The smallest absolute Gasteiger partial charge is 0.319 e. The summed E-state index contributed by atoms with van der Waals surface area (Å²) >= 11 is 0. The molecule has 0 aliphatic heterocycles. The first-order valence-corrected chi connectivity index (χ1v) is 8.93. The summed E-state index contributed by atoms with van der Waals surface area (Å²) in [5.41, 5.74) is 1.21. The maximum Gasteiger partial charge on any atom is 0.319 e. The zero-order valence-electron chi connectivity index (χ0n) is 13.3. The largest absolute Gasteiger partial charge is 0.334 e. The number of anilines is 1. The van der Waals surface area contributed by atoms with Crippen molar-refractivity contribution in [3.63, 3.8) is 0 Å². The van der Waals surface area contributed by atoms with Gasteiger partial charge in [0.1, 0.15) is 11.6 Å². The maximum atomic E-state index is 13.4. The van der Waals surface area contributed by atoms with Gasteiger partial charge >= 0.3 is 6.03 Å². The molecule has 0 heterocycles. The molecule has 0 saturated carbocycles. The number of urea groups is 1. The fourth-order valence-corrected chi connectivity index (χ4v) is 2.76. The highest BCUT2D eigenvalue weighted by Crippen LogP contribution is 2.14. The number of carbonyl (C=O) groups is 1. The predicted octanol–water partition coefficient (Wildman–Crippen LogP) is 2.34. The van der Waals surface area contributed by atoms with E-state index in [9.17, 15) is 22.0 Å². The summed E-state index contributed by atoms with van der Waals surface area (Å²) in [6.45, 7) is 0.160. The van der Waals surface area contributed by atoms with Crippen molar-refractivity contribution in [2.45, 2.75) is 12.3 Å². The molecule has 0 spiro atoms. The average Bonchev–Trinajstić information content (AvgIpc) is 2.56. The molecule has 0 aliphatic carbocycles. The Kier molecular flexibility index (Phi) is 6.05. The van der Waals surface area contributed by atoms with Crippen molar-refractivity contribution in [2.75, 3.05) is 12.4 Å². The molecule has 0 atom stereocenters. The Morgan fingerprint density at radius 3 is 2.28 bits per heavy atom. The van der Waals surface area contributed by atoms with Gasteiger partial charge < -0.3 is 10.6 Å². The normalized spacial score (nSPS) is 11.2. The highest BCUT2D eigenvalue weighted by atomic mass is 32.2. The Balaban J connectivity index is 1.89. The van der Waals surface area contributed by atoms with Crippen molar-refractivity contribution < 1.29 is 22.0 Å². The maximum absolute atomic E-state index is 13.4. The monoisotopic (exact) mass is 369 g/mol. The van der Waals surface area contributed by atoms with Gasteiger partial charge in [-0.3, -0.25) is 0 Å². The van der Waals surface area contributed by atoms with E-state index in [1.165, 1.54) is 7.05 Å². The molecule has 0 saturated heterocycles. The summed E-state index contributed by atoms with van der Waals surface area (Å²) in [6, 6.07) is 8.84. The molecule has 0 unspecified atom stereocenters. The zero-order chi connectivity index (χ0) is 18.4. The van der Waals surface area contributed by atoms with Crippen molar-refractivity contribution in [1.82, 2.24) is 10.0 Å². The third kappa shape index (κ3) is 5.80. The first-order valence-electron chi connectivity index (χ1n) is 7.28. The molecular weight excluding hydrogens is 352 g/mol. The van der Waals surface area contributed by atoms with Crippen LogP contribution in [0.25, 0.3) is 0 Å². The van der Waals surface area contributed by atoms with Crippen LogP contribution in [-0.2, 0) is 22.3 Å². The molecule has 2 amide bonds. The summed E-state index contributed by atoms with van der Waals surface area (Å²) in [5.74, 6) is -1.74. The van der Waals surface area contributed by atoms with Gasteiger partial charge in [0.2, 0.25) is 10.0 Å². The molecule has 9 heteroatoms.